The van der Waals surface area contributed by atoms with Crippen molar-refractivity contribution in [2.75, 3.05) is 25.1 Å². The maximum atomic E-state index is 12.1. The third-order valence-electron chi connectivity index (χ3n) is 7.07. The molecule has 3 aliphatic rings. The topological polar surface area (TPSA) is 58.9 Å². The number of carbonyl (C=O) groups is 1. The van der Waals surface area contributed by atoms with Gasteiger partial charge in [-0.2, -0.15) is 5.10 Å². The van der Waals surface area contributed by atoms with E-state index in [0.29, 0.717) is 5.82 Å². The summed E-state index contributed by atoms with van der Waals surface area (Å²) in [6.07, 6.45) is 7.76. The van der Waals surface area contributed by atoms with Crippen molar-refractivity contribution in [3.8, 4) is 11.1 Å². The number of carbonyl (C=O) groups excluding carboxylic acids is 1. The fraction of sp³-hybridized carbons (Fsp3) is 0.440. The van der Waals surface area contributed by atoms with Gasteiger partial charge in [0.1, 0.15) is 0 Å². The van der Waals surface area contributed by atoms with Gasteiger partial charge < -0.3 is 10.1 Å². The van der Waals surface area contributed by atoms with Gasteiger partial charge in [0.05, 0.1) is 24.3 Å². The summed E-state index contributed by atoms with van der Waals surface area (Å²) >= 11 is 0. The number of likely N-dealkylation sites (tertiary alicyclic amines) is 1. The maximum absolute atomic E-state index is 12.1. The van der Waals surface area contributed by atoms with Crippen molar-refractivity contribution in [3.05, 3.63) is 54.2 Å². The smallest absolute Gasteiger partial charge is 0.228 e. The molecule has 1 saturated carbocycles. The lowest BCUT2D eigenvalue weighted by atomic mass is 9.84. The molecule has 2 saturated heterocycles. The first-order valence-electron chi connectivity index (χ1n) is 11.4. The zero-order valence-corrected chi connectivity index (χ0v) is 17.7. The fourth-order valence-corrected chi connectivity index (χ4v) is 4.97. The Morgan fingerprint density at radius 2 is 2.00 bits per heavy atom. The molecule has 1 N–H and O–H groups in total. The molecule has 4 heterocycles. The molecule has 1 amide bonds. The SMILES string of the molecule is O=C(Nc1cc2c(-c3ccc(CN4CCCCC45COC5)cc3)cccn2n1)C1CC1. The molecular formula is C25H28N4O2. The molecule has 0 unspecified atom stereocenters. The number of fused-ring (bicyclic) bond motifs is 1. The van der Waals surface area contributed by atoms with Crippen molar-refractivity contribution in [2.24, 2.45) is 5.92 Å². The number of rotatable bonds is 5. The van der Waals surface area contributed by atoms with E-state index in [1.54, 1.807) is 0 Å². The highest BCUT2D eigenvalue weighted by Gasteiger charge is 2.45. The van der Waals surface area contributed by atoms with E-state index in [2.05, 4.69) is 45.6 Å². The van der Waals surface area contributed by atoms with Crippen molar-refractivity contribution < 1.29 is 9.53 Å². The molecule has 0 radical (unpaired) electrons. The predicted octanol–water partition coefficient (Wildman–Crippen LogP) is 4.10. The number of hydrogen-bond donors (Lipinski definition) is 1. The molecule has 0 bridgehead atoms. The number of benzene rings is 1. The number of ether oxygens (including phenoxy) is 1. The van der Waals surface area contributed by atoms with Gasteiger partial charge in [-0.25, -0.2) is 4.52 Å². The van der Waals surface area contributed by atoms with Crippen molar-refractivity contribution in [1.29, 1.82) is 0 Å². The zero-order valence-electron chi connectivity index (χ0n) is 17.7. The second-order valence-corrected chi connectivity index (χ2v) is 9.34. The van der Waals surface area contributed by atoms with Crippen LogP contribution in [0, 0.1) is 5.92 Å². The molecule has 1 aliphatic carbocycles. The highest BCUT2D eigenvalue weighted by Crippen LogP contribution is 2.36. The lowest BCUT2D eigenvalue weighted by Crippen LogP contribution is -2.63. The van der Waals surface area contributed by atoms with Crippen LogP contribution in [-0.2, 0) is 16.1 Å². The summed E-state index contributed by atoms with van der Waals surface area (Å²) in [5.74, 6) is 0.878. The Bertz CT molecular complexity index is 1110. The minimum atomic E-state index is 0.0849. The van der Waals surface area contributed by atoms with Crippen LogP contribution in [0.4, 0.5) is 5.82 Å². The summed E-state index contributed by atoms with van der Waals surface area (Å²) in [4.78, 5) is 14.7. The molecule has 6 heteroatoms. The number of nitrogens with one attached hydrogen (secondary N) is 1. The van der Waals surface area contributed by atoms with Crippen molar-refractivity contribution >= 4 is 17.2 Å². The summed E-state index contributed by atoms with van der Waals surface area (Å²) in [6.45, 7) is 3.91. The van der Waals surface area contributed by atoms with E-state index in [-0.39, 0.29) is 17.4 Å². The van der Waals surface area contributed by atoms with E-state index in [0.717, 1.165) is 55.8 Å². The second-order valence-electron chi connectivity index (χ2n) is 9.34. The first kappa shape index (κ1) is 19.0. The molecule has 6 nitrogen and oxygen atoms in total. The molecule has 160 valence electrons. The summed E-state index contributed by atoms with van der Waals surface area (Å²) in [5, 5.41) is 7.50. The normalized spacial score (nSPS) is 20.6. The van der Waals surface area contributed by atoms with E-state index in [9.17, 15) is 4.79 Å². The average Bonchev–Trinajstić information content (AvgIpc) is 3.53. The lowest BCUT2D eigenvalue weighted by Gasteiger charge is -2.52. The Hall–Kier alpha value is -2.70. The number of aromatic nitrogens is 2. The first-order chi connectivity index (χ1) is 15.2. The quantitative estimate of drug-likeness (QED) is 0.680. The molecule has 1 spiro atoms. The Morgan fingerprint density at radius 1 is 1.16 bits per heavy atom. The Balaban J connectivity index is 1.23. The second kappa shape index (κ2) is 7.46. The number of pyridine rings is 1. The van der Waals surface area contributed by atoms with Gasteiger partial charge in [0, 0.05) is 30.3 Å². The average molecular weight is 417 g/mol. The van der Waals surface area contributed by atoms with Crippen LogP contribution < -0.4 is 5.32 Å². The number of anilines is 1. The Labute approximate surface area is 182 Å². The molecule has 3 aromatic rings. The summed E-state index contributed by atoms with van der Waals surface area (Å²) in [7, 11) is 0. The molecule has 3 fully saturated rings. The molecular weight excluding hydrogens is 388 g/mol. The van der Waals surface area contributed by atoms with Gasteiger partial charge in [0.15, 0.2) is 5.82 Å². The standard InChI is InChI=1S/C25H28N4O2/c30-24(20-9-10-20)26-23-14-22-21(4-3-13-29(22)27-23)19-7-5-18(6-8-19)15-28-12-2-1-11-25(28)16-31-17-25/h3-8,13-14,20H,1-2,9-12,15-17H2,(H,26,27,30). The minimum absolute atomic E-state index is 0.0849. The van der Waals surface area contributed by atoms with Crippen LogP contribution in [0.3, 0.4) is 0 Å². The summed E-state index contributed by atoms with van der Waals surface area (Å²) in [6, 6.07) is 15.0. The van der Waals surface area contributed by atoms with Gasteiger partial charge in [-0.3, -0.25) is 9.69 Å². The van der Waals surface area contributed by atoms with Gasteiger partial charge in [0.2, 0.25) is 5.91 Å². The third kappa shape index (κ3) is 3.54. The van der Waals surface area contributed by atoms with Crippen LogP contribution in [0.5, 0.6) is 0 Å². The molecule has 2 aliphatic heterocycles. The maximum Gasteiger partial charge on any atom is 0.228 e. The Morgan fingerprint density at radius 3 is 2.74 bits per heavy atom. The molecule has 1 aromatic carbocycles. The van der Waals surface area contributed by atoms with E-state index < -0.39 is 0 Å². The Kier molecular flexibility index (Phi) is 4.58. The van der Waals surface area contributed by atoms with Gasteiger partial charge in [0.25, 0.3) is 0 Å². The van der Waals surface area contributed by atoms with Gasteiger partial charge in [-0.15, -0.1) is 0 Å². The molecule has 2 aromatic heterocycles. The van der Waals surface area contributed by atoms with Crippen LogP contribution in [-0.4, -0.2) is 45.7 Å². The number of nitrogens with zero attached hydrogens (tertiary/aromatic N) is 3. The van der Waals surface area contributed by atoms with Crippen molar-refractivity contribution in [1.82, 2.24) is 14.5 Å². The van der Waals surface area contributed by atoms with E-state index in [1.807, 2.05) is 22.8 Å². The van der Waals surface area contributed by atoms with Crippen molar-refractivity contribution in [2.45, 2.75) is 44.2 Å². The monoisotopic (exact) mass is 416 g/mol. The van der Waals surface area contributed by atoms with Gasteiger partial charge in [-0.1, -0.05) is 36.8 Å². The summed E-state index contributed by atoms with van der Waals surface area (Å²) < 4.78 is 7.41. The fourth-order valence-electron chi connectivity index (χ4n) is 4.97. The highest BCUT2D eigenvalue weighted by atomic mass is 16.5. The van der Waals surface area contributed by atoms with Crippen LogP contribution in [0.25, 0.3) is 16.6 Å². The summed E-state index contributed by atoms with van der Waals surface area (Å²) in [5.41, 5.74) is 4.91. The highest BCUT2D eigenvalue weighted by molar-refractivity contribution is 5.94. The first-order valence-corrected chi connectivity index (χ1v) is 11.4. The van der Waals surface area contributed by atoms with Crippen molar-refractivity contribution in [3.63, 3.8) is 0 Å². The molecule has 0 atom stereocenters. The van der Waals surface area contributed by atoms with Crippen LogP contribution in [0.15, 0.2) is 48.7 Å². The van der Waals surface area contributed by atoms with Crippen LogP contribution >= 0.6 is 0 Å². The number of amides is 1. The van der Waals surface area contributed by atoms with Gasteiger partial charge in [-0.05, 0) is 49.4 Å². The van der Waals surface area contributed by atoms with E-state index >= 15 is 0 Å². The molecule has 6 rings (SSSR count). The zero-order chi connectivity index (χ0) is 20.8. The lowest BCUT2D eigenvalue weighted by molar-refractivity contribution is -0.159. The van der Waals surface area contributed by atoms with Crippen LogP contribution in [0.1, 0.15) is 37.7 Å². The largest absolute Gasteiger partial charge is 0.377 e. The number of piperidine rings is 1. The molecule has 31 heavy (non-hydrogen) atoms. The van der Waals surface area contributed by atoms with E-state index in [1.165, 1.54) is 24.8 Å². The number of hydrogen-bond acceptors (Lipinski definition) is 4. The van der Waals surface area contributed by atoms with Gasteiger partial charge >= 0.3 is 0 Å². The third-order valence-corrected chi connectivity index (χ3v) is 7.07. The predicted molar refractivity (Wildman–Crippen MR) is 120 cm³/mol. The van der Waals surface area contributed by atoms with Crippen LogP contribution in [0.2, 0.25) is 0 Å². The van der Waals surface area contributed by atoms with E-state index in [4.69, 9.17) is 4.74 Å². The minimum Gasteiger partial charge on any atom is -0.377 e.